The maximum Gasteiger partial charge on any atom is 0.287 e. The highest BCUT2D eigenvalue weighted by molar-refractivity contribution is 5.92. The van der Waals surface area contributed by atoms with Gasteiger partial charge in [0.15, 0.2) is 17.4 Å². The zero-order valence-electron chi connectivity index (χ0n) is 12.3. The number of nitrogens with one attached hydrogen (secondary N) is 2. The zero-order chi connectivity index (χ0) is 16.0. The highest BCUT2D eigenvalue weighted by atomic mass is 19.2. The molecule has 2 bridgehead atoms. The van der Waals surface area contributed by atoms with E-state index in [0.717, 1.165) is 25.3 Å². The molecule has 3 atom stereocenters. The first-order chi connectivity index (χ1) is 11.1. The fraction of sp³-hybridized carbons (Fsp3) is 0.353. The van der Waals surface area contributed by atoms with Gasteiger partial charge in [-0.05, 0) is 43.5 Å². The van der Waals surface area contributed by atoms with E-state index in [-0.39, 0.29) is 29.0 Å². The second-order valence-electron chi connectivity index (χ2n) is 6.13. The number of hydrogen-bond acceptors (Lipinski definition) is 3. The van der Waals surface area contributed by atoms with Crippen LogP contribution in [0, 0.1) is 11.6 Å². The lowest BCUT2D eigenvalue weighted by molar-refractivity contribution is 0.0903. The number of hydrogen-bond donors (Lipinski definition) is 2. The Morgan fingerprint density at radius 3 is 2.83 bits per heavy atom. The van der Waals surface area contributed by atoms with Gasteiger partial charge in [-0.15, -0.1) is 0 Å². The lowest BCUT2D eigenvalue weighted by atomic mass is 9.95. The summed E-state index contributed by atoms with van der Waals surface area (Å²) in [5, 5.41) is 6.40. The fourth-order valence-corrected chi connectivity index (χ4v) is 3.52. The van der Waals surface area contributed by atoms with Gasteiger partial charge in [0.05, 0.1) is 5.56 Å². The molecule has 1 aromatic carbocycles. The Bertz CT molecular complexity index is 759. The number of carbonyl (C=O) groups is 1. The zero-order valence-corrected chi connectivity index (χ0v) is 12.3. The number of rotatable bonds is 3. The summed E-state index contributed by atoms with van der Waals surface area (Å²) in [5.41, 5.74) is 0.00522. The van der Waals surface area contributed by atoms with Crippen LogP contribution in [0.25, 0.3) is 11.3 Å². The van der Waals surface area contributed by atoms with Gasteiger partial charge < -0.3 is 15.1 Å². The molecular weight excluding hydrogens is 302 g/mol. The molecule has 1 aromatic heterocycles. The SMILES string of the molecule is O=C(NC1CC2CCC1N2)c1ccc(-c2cccc(F)c2F)o1. The number of furan rings is 1. The van der Waals surface area contributed by atoms with Crippen molar-refractivity contribution in [2.24, 2.45) is 0 Å². The maximum absolute atomic E-state index is 13.8. The fourth-order valence-electron chi connectivity index (χ4n) is 3.52. The molecule has 4 rings (SSSR count). The Kier molecular flexibility index (Phi) is 3.41. The highest BCUT2D eigenvalue weighted by Crippen LogP contribution is 2.29. The Hall–Kier alpha value is -2.21. The predicted molar refractivity (Wildman–Crippen MR) is 79.9 cm³/mol. The van der Waals surface area contributed by atoms with E-state index in [2.05, 4.69) is 10.6 Å². The van der Waals surface area contributed by atoms with Crippen LogP contribution < -0.4 is 10.6 Å². The summed E-state index contributed by atoms with van der Waals surface area (Å²) in [4.78, 5) is 12.3. The van der Waals surface area contributed by atoms with Crippen molar-refractivity contribution in [2.45, 2.75) is 37.4 Å². The molecule has 2 fully saturated rings. The molecule has 0 saturated carbocycles. The Morgan fingerprint density at radius 1 is 1.22 bits per heavy atom. The molecule has 2 aliphatic rings. The molecule has 2 aliphatic heterocycles. The first-order valence-electron chi connectivity index (χ1n) is 7.73. The molecule has 23 heavy (non-hydrogen) atoms. The molecule has 4 nitrogen and oxygen atoms in total. The lowest BCUT2D eigenvalue weighted by Crippen LogP contribution is -2.42. The molecular formula is C17H16F2N2O2. The minimum atomic E-state index is -0.980. The molecule has 1 amide bonds. The van der Waals surface area contributed by atoms with Crippen molar-refractivity contribution in [2.75, 3.05) is 0 Å². The van der Waals surface area contributed by atoms with Crippen LogP contribution >= 0.6 is 0 Å². The van der Waals surface area contributed by atoms with Crippen molar-refractivity contribution < 1.29 is 18.0 Å². The average Bonchev–Trinajstić information content (AvgIpc) is 3.25. The van der Waals surface area contributed by atoms with E-state index in [9.17, 15) is 13.6 Å². The van der Waals surface area contributed by atoms with E-state index in [1.54, 1.807) is 0 Å². The van der Waals surface area contributed by atoms with Crippen LogP contribution in [0.1, 0.15) is 29.8 Å². The van der Waals surface area contributed by atoms with Crippen molar-refractivity contribution in [3.63, 3.8) is 0 Å². The largest absolute Gasteiger partial charge is 0.451 e. The van der Waals surface area contributed by atoms with E-state index < -0.39 is 11.6 Å². The summed E-state index contributed by atoms with van der Waals surface area (Å²) < 4.78 is 32.5. The quantitative estimate of drug-likeness (QED) is 0.915. The summed E-state index contributed by atoms with van der Waals surface area (Å²) in [5.74, 6) is -2.01. The third kappa shape index (κ3) is 2.53. The van der Waals surface area contributed by atoms with Gasteiger partial charge in [0.25, 0.3) is 5.91 Å². The van der Waals surface area contributed by atoms with Crippen molar-refractivity contribution in [1.29, 1.82) is 0 Å². The van der Waals surface area contributed by atoms with Crippen molar-refractivity contribution >= 4 is 5.91 Å². The van der Waals surface area contributed by atoms with Gasteiger partial charge in [-0.25, -0.2) is 8.78 Å². The number of fused-ring (bicyclic) bond motifs is 2. The Labute approximate surface area is 131 Å². The van der Waals surface area contributed by atoms with E-state index in [0.29, 0.717) is 12.1 Å². The molecule has 2 aromatic rings. The minimum Gasteiger partial charge on any atom is -0.451 e. The van der Waals surface area contributed by atoms with Gasteiger partial charge in [0, 0.05) is 18.1 Å². The highest BCUT2D eigenvalue weighted by Gasteiger charge is 2.40. The van der Waals surface area contributed by atoms with Crippen LogP contribution in [0.4, 0.5) is 8.78 Å². The average molecular weight is 318 g/mol. The molecule has 6 heteroatoms. The third-order valence-corrected chi connectivity index (χ3v) is 4.66. The summed E-state index contributed by atoms with van der Waals surface area (Å²) in [6, 6.07) is 7.72. The number of halogens is 2. The molecule has 0 radical (unpaired) electrons. The molecule has 3 heterocycles. The van der Waals surface area contributed by atoms with E-state index >= 15 is 0 Å². The predicted octanol–water partition coefficient (Wildman–Crippen LogP) is 2.85. The van der Waals surface area contributed by atoms with E-state index in [4.69, 9.17) is 4.42 Å². The van der Waals surface area contributed by atoms with Crippen LogP contribution in [0.15, 0.2) is 34.7 Å². The molecule has 120 valence electrons. The number of carbonyl (C=O) groups excluding carboxylic acids is 1. The summed E-state index contributed by atoms with van der Waals surface area (Å²) >= 11 is 0. The lowest BCUT2D eigenvalue weighted by Gasteiger charge is -2.20. The molecule has 0 aliphatic carbocycles. The second kappa shape index (κ2) is 5.45. The van der Waals surface area contributed by atoms with Gasteiger partial charge in [0.1, 0.15) is 5.76 Å². The number of amides is 1. The van der Waals surface area contributed by atoms with Gasteiger partial charge in [0.2, 0.25) is 0 Å². The molecule has 3 unspecified atom stereocenters. The van der Waals surface area contributed by atoms with Crippen LogP contribution in [0.5, 0.6) is 0 Å². The minimum absolute atomic E-state index is 0.00522. The van der Waals surface area contributed by atoms with E-state index in [1.807, 2.05) is 0 Å². The van der Waals surface area contributed by atoms with Gasteiger partial charge in [-0.3, -0.25) is 4.79 Å². The summed E-state index contributed by atoms with van der Waals surface area (Å²) in [7, 11) is 0. The molecule has 2 saturated heterocycles. The van der Waals surface area contributed by atoms with Crippen LogP contribution in [-0.2, 0) is 0 Å². The van der Waals surface area contributed by atoms with Gasteiger partial charge >= 0.3 is 0 Å². The van der Waals surface area contributed by atoms with Crippen molar-refractivity contribution in [3.8, 4) is 11.3 Å². The Balaban J connectivity index is 1.51. The van der Waals surface area contributed by atoms with Crippen molar-refractivity contribution in [3.05, 3.63) is 47.7 Å². The summed E-state index contributed by atoms with van der Waals surface area (Å²) in [6.45, 7) is 0. The first kappa shape index (κ1) is 14.4. The van der Waals surface area contributed by atoms with Crippen LogP contribution in [-0.4, -0.2) is 24.0 Å². The third-order valence-electron chi connectivity index (χ3n) is 4.66. The smallest absolute Gasteiger partial charge is 0.287 e. The van der Waals surface area contributed by atoms with Crippen LogP contribution in [0.2, 0.25) is 0 Å². The monoisotopic (exact) mass is 318 g/mol. The molecule has 2 N–H and O–H groups in total. The number of benzene rings is 1. The van der Waals surface area contributed by atoms with Crippen molar-refractivity contribution in [1.82, 2.24) is 10.6 Å². The van der Waals surface area contributed by atoms with Gasteiger partial charge in [-0.1, -0.05) is 6.07 Å². The Morgan fingerprint density at radius 2 is 2.09 bits per heavy atom. The summed E-state index contributed by atoms with van der Waals surface area (Å²) in [6.07, 6.45) is 3.14. The molecule has 0 spiro atoms. The first-order valence-corrected chi connectivity index (χ1v) is 7.73. The standard InChI is InChI=1S/C17H16F2N2O2/c18-11-3-1-2-10(16(11)19)14-6-7-15(23-14)17(22)21-13-8-9-4-5-12(13)20-9/h1-3,6-7,9,12-13,20H,4-5,8H2,(H,21,22). The second-order valence-corrected chi connectivity index (χ2v) is 6.13. The normalized spacial score (nSPS) is 25.7. The maximum atomic E-state index is 13.8. The topological polar surface area (TPSA) is 54.3 Å². The van der Waals surface area contributed by atoms with Crippen LogP contribution in [0.3, 0.4) is 0 Å². The van der Waals surface area contributed by atoms with E-state index in [1.165, 1.54) is 24.3 Å². The van der Waals surface area contributed by atoms with Gasteiger partial charge in [-0.2, -0.15) is 0 Å².